The zero-order valence-corrected chi connectivity index (χ0v) is 10.2. The maximum atomic E-state index is 5.84. The van der Waals surface area contributed by atoms with E-state index >= 15 is 0 Å². The molecule has 2 heterocycles. The zero-order chi connectivity index (χ0) is 11.0. The molecule has 1 saturated carbocycles. The summed E-state index contributed by atoms with van der Waals surface area (Å²) in [4.78, 5) is 2.64. The minimum absolute atomic E-state index is 0.743. The molecule has 0 radical (unpaired) electrons. The van der Waals surface area contributed by atoms with Crippen LogP contribution < -0.4 is 0 Å². The van der Waals surface area contributed by atoms with Gasteiger partial charge in [0.2, 0.25) is 0 Å². The van der Waals surface area contributed by atoms with Crippen LogP contribution in [0.15, 0.2) is 12.4 Å². The monoisotopic (exact) mass is 239 g/mol. The van der Waals surface area contributed by atoms with Gasteiger partial charge in [-0.1, -0.05) is 24.4 Å². The molecule has 1 aromatic heterocycles. The predicted octanol–water partition coefficient (Wildman–Crippen LogP) is 2.41. The van der Waals surface area contributed by atoms with Crippen LogP contribution in [0.5, 0.6) is 0 Å². The summed E-state index contributed by atoms with van der Waals surface area (Å²) in [5, 5.41) is 4.97. The van der Waals surface area contributed by atoms with Crippen molar-refractivity contribution in [1.82, 2.24) is 14.7 Å². The zero-order valence-electron chi connectivity index (χ0n) is 9.48. The van der Waals surface area contributed by atoms with E-state index in [1.807, 2.05) is 10.9 Å². The molecule has 2 fully saturated rings. The molecule has 1 aliphatic carbocycles. The van der Waals surface area contributed by atoms with Crippen molar-refractivity contribution in [3.05, 3.63) is 17.4 Å². The first-order valence-electron chi connectivity index (χ1n) is 6.23. The molecule has 0 aromatic carbocycles. The van der Waals surface area contributed by atoms with Gasteiger partial charge in [0.25, 0.3) is 0 Å². The van der Waals surface area contributed by atoms with Crippen LogP contribution in [0.2, 0.25) is 5.02 Å². The first-order chi connectivity index (χ1) is 7.81. The van der Waals surface area contributed by atoms with E-state index < -0.39 is 0 Å². The Morgan fingerprint density at radius 3 is 2.69 bits per heavy atom. The van der Waals surface area contributed by atoms with Gasteiger partial charge in [0.1, 0.15) is 0 Å². The van der Waals surface area contributed by atoms with Gasteiger partial charge in [-0.05, 0) is 12.8 Å². The molecule has 0 N–H and O–H groups in total. The first-order valence-corrected chi connectivity index (χ1v) is 6.61. The Morgan fingerprint density at radius 1 is 1.31 bits per heavy atom. The predicted molar refractivity (Wildman–Crippen MR) is 64.6 cm³/mol. The van der Waals surface area contributed by atoms with E-state index in [1.165, 1.54) is 38.8 Å². The van der Waals surface area contributed by atoms with E-state index in [9.17, 15) is 0 Å². The molecule has 88 valence electrons. The van der Waals surface area contributed by atoms with Crippen LogP contribution in [0.1, 0.15) is 25.7 Å². The minimum atomic E-state index is 0.743. The van der Waals surface area contributed by atoms with E-state index in [2.05, 4.69) is 10.00 Å². The number of nitrogens with zero attached hydrogens (tertiary/aromatic N) is 3. The Bertz CT molecular complexity index is 351. The topological polar surface area (TPSA) is 21.1 Å². The van der Waals surface area contributed by atoms with Gasteiger partial charge in [-0.3, -0.25) is 9.58 Å². The fourth-order valence-corrected chi connectivity index (χ4v) is 3.15. The van der Waals surface area contributed by atoms with Crippen LogP contribution >= 0.6 is 11.6 Å². The number of rotatable bonds is 3. The third-order valence-corrected chi connectivity index (χ3v) is 4.07. The molecule has 4 heteroatoms. The maximum Gasteiger partial charge on any atom is 0.0785 e. The lowest BCUT2D eigenvalue weighted by Gasteiger charge is -2.43. The lowest BCUT2D eigenvalue weighted by molar-refractivity contribution is 0.0438. The second-order valence-corrected chi connectivity index (χ2v) is 5.58. The fourth-order valence-electron chi connectivity index (χ4n) is 3.00. The summed E-state index contributed by atoms with van der Waals surface area (Å²) < 4.78 is 1.97. The standard InChI is InChI=1S/C12H18ClN3/c13-11-5-14-16(9-11)8-10-6-15(7-10)12-3-1-2-4-12/h5,9-10,12H,1-4,6-8H2. The molecule has 0 bridgehead atoms. The van der Waals surface area contributed by atoms with Gasteiger partial charge in [-0.25, -0.2) is 0 Å². The molecule has 16 heavy (non-hydrogen) atoms. The summed E-state index contributed by atoms with van der Waals surface area (Å²) in [7, 11) is 0. The molecule has 3 rings (SSSR count). The summed E-state index contributed by atoms with van der Waals surface area (Å²) in [6.45, 7) is 3.53. The van der Waals surface area contributed by atoms with Gasteiger partial charge in [0.05, 0.1) is 11.2 Å². The Hall–Kier alpha value is -0.540. The Morgan fingerprint density at radius 2 is 2.06 bits per heavy atom. The van der Waals surface area contributed by atoms with Gasteiger partial charge in [0.15, 0.2) is 0 Å². The highest BCUT2D eigenvalue weighted by atomic mass is 35.5. The van der Waals surface area contributed by atoms with Gasteiger partial charge in [-0.15, -0.1) is 0 Å². The van der Waals surface area contributed by atoms with E-state index in [0.717, 1.165) is 23.5 Å². The molecule has 0 unspecified atom stereocenters. The van der Waals surface area contributed by atoms with Crippen LogP contribution in [0.4, 0.5) is 0 Å². The van der Waals surface area contributed by atoms with Gasteiger partial charge >= 0.3 is 0 Å². The number of likely N-dealkylation sites (tertiary alicyclic amines) is 1. The van der Waals surface area contributed by atoms with E-state index in [4.69, 9.17) is 11.6 Å². The quantitative estimate of drug-likeness (QED) is 0.808. The van der Waals surface area contributed by atoms with E-state index in [0.29, 0.717) is 0 Å². The SMILES string of the molecule is Clc1cnn(CC2CN(C3CCCC3)C2)c1. The second kappa shape index (κ2) is 4.38. The molecule has 1 aromatic rings. The van der Waals surface area contributed by atoms with Gasteiger partial charge in [-0.2, -0.15) is 5.10 Å². The smallest absolute Gasteiger partial charge is 0.0785 e. The maximum absolute atomic E-state index is 5.84. The van der Waals surface area contributed by atoms with Crippen molar-refractivity contribution in [3.63, 3.8) is 0 Å². The summed E-state index contributed by atoms with van der Waals surface area (Å²) >= 11 is 5.84. The van der Waals surface area contributed by atoms with Crippen LogP contribution in [-0.4, -0.2) is 33.8 Å². The molecule has 1 saturated heterocycles. The minimum Gasteiger partial charge on any atom is -0.300 e. The highest BCUT2D eigenvalue weighted by Crippen LogP contribution is 2.29. The summed E-state index contributed by atoms with van der Waals surface area (Å²) in [5.74, 6) is 0.775. The fraction of sp³-hybridized carbons (Fsp3) is 0.750. The van der Waals surface area contributed by atoms with Gasteiger partial charge in [0, 0.05) is 37.8 Å². The second-order valence-electron chi connectivity index (χ2n) is 5.14. The molecule has 1 aliphatic heterocycles. The number of hydrogen-bond acceptors (Lipinski definition) is 2. The number of aromatic nitrogens is 2. The summed E-state index contributed by atoms with van der Waals surface area (Å²) in [6, 6.07) is 0.887. The average Bonchev–Trinajstić information content (AvgIpc) is 2.82. The Labute approximate surface area is 101 Å². The third-order valence-electron chi connectivity index (χ3n) is 3.87. The molecular formula is C12H18ClN3. The summed E-state index contributed by atoms with van der Waals surface area (Å²) in [5.41, 5.74) is 0. The van der Waals surface area contributed by atoms with E-state index in [-0.39, 0.29) is 0 Å². The first kappa shape index (κ1) is 10.6. The van der Waals surface area contributed by atoms with Crippen LogP contribution in [0, 0.1) is 5.92 Å². The van der Waals surface area contributed by atoms with Crippen molar-refractivity contribution < 1.29 is 0 Å². The molecule has 2 aliphatic rings. The molecule has 0 spiro atoms. The average molecular weight is 240 g/mol. The molecule has 0 amide bonds. The van der Waals surface area contributed by atoms with Crippen molar-refractivity contribution >= 4 is 11.6 Å². The highest BCUT2D eigenvalue weighted by molar-refractivity contribution is 6.30. The Kier molecular flexibility index (Phi) is 2.90. The normalized spacial score (nSPS) is 23.8. The van der Waals surface area contributed by atoms with Crippen LogP contribution in [0.3, 0.4) is 0 Å². The molecular weight excluding hydrogens is 222 g/mol. The van der Waals surface area contributed by atoms with E-state index in [1.54, 1.807) is 6.20 Å². The summed E-state index contributed by atoms with van der Waals surface area (Å²) in [6.07, 6.45) is 9.33. The van der Waals surface area contributed by atoms with Crippen molar-refractivity contribution in [1.29, 1.82) is 0 Å². The van der Waals surface area contributed by atoms with Crippen LogP contribution in [0.25, 0.3) is 0 Å². The van der Waals surface area contributed by atoms with Crippen molar-refractivity contribution in [2.24, 2.45) is 5.92 Å². The third kappa shape index (κ3) is 2.11. The van der Waals surface area contributed by atoms with Crippen molar-refractivity contribution in [3.8, 4) is 0 Å². The Balaban J connectivity index is 1.46. The number of hydrogen-bond donors (Lipinski definition) is 0. The molecule has 3 nitrogen and oxygen atoms in total. The molecule has 0 atom stereocenters. The highest BCUT2D eigenvalue weighted by Gasteiger charge is 2.33. The largest absolute Gasteiger partial charge is 0.300 e. The van der Waals surface area contributed by atoms with Crippen LogP contribution in [-0.2, 0) is 6.54 Å². The lowest BCUT2D eigenvalue weighted by Crippen LogP contribution is -2.52. The van der Waals surface area contributed by atoms with Crippen molar-refractivity contribution in [2.45, 2.75) is 38.3 Å². The van der Waals surface area contributed by atoms with Crippen molar-refractivity contribution in [2.75, 3.05) is 13.1 Å². The number of halogens is 1. The lowest BCUT2D eigenvalue weighted by atomic mass is 9.97. The van der Waals surface area contributed by atoms with Gasteiger partial charge < -0.3 is 0 Å².